The summed E-state index contributed by atoms with van der Waals surface area (Å²) in [5.74, 6) is -1.80. The SMILES string of the molecule is C=Cc1c(C)c2[nH]c1=CC1=C(C)/C(=C/N)C(=N1)C=C1N=C(C=C3N=C(C=2)C(C)=C3CCC(=O)O)C(CCC(=O)O)=C1C. The number of allylic oxidation sites excluding steroid dienone is 9. The highest BCUT2D eigenvalue weighted by atomic mass is 16.4. The van der Waals surface area contributed by atoms with Crippen molar-refractivity contribution in [2.45, 2.75) is 53.4 Å². The molecule has 0 radical (unpaired) electrons. The molecule has 4 aliphatic rings. The molecule has 1 aromatic rings. The van der Waals surface area contributed by atoms with Crippen molar-refractivity contribution in [2.24, 2.45) is 20.7 Å². The fraction of sp³-hybridized carbons (Fsp3) is 0.242. The van der Waals surface area contributed by atoms with E-state index in [-0.39, 0.29) is 19.3 Å². The summed E-state index contributed by atoms with van der Waals surface area (Å²) in [6.45, 7) is 11.9. The summed E-state index contributed by atoms with van der Waals surface area (Å²) in [6, 6.07) is 0. The van der Waals surface area contributed by atoms with E-state index in [0.29, 0.717) is 34.9 Å². The topological polar surface area (TPSA) is 153 Å². The van der Waals surface area contributed by atoms with Gasteiger partial charge in [0, 0.05) is 40.9 Å². The van der Waals surface area contributed by atoms with Crippen molar-refractivity contribution in [2.75, 3.05) is 0 Å². The lowest BCUT2D eigenvalue weighted by molar-refractivity contribution is -0.137. The Kier molecular flexibility index (Phi) is 7.51. The number of nitrogens with two attached hydrogens (primary N) is 1. The van der Waals surface area contributed by atoms with Gasteiger partial charge in [0.15, 0.2) is 0 Å². The molecular formula is C33H33N5O4. The summed E-state index contributed by atoms with van der Waals surface area (Å²) in [6.07, 6.45) is 11.5. The minimum atomic E-state index is -0.903. The average molecular weight is 564 g/mol. The molecule has 5 heterocycles. The first-order chi connectivity index (χ1) is 20.0. The van der Waals surface area contributed by atoms with Gasteiger partial charge in [0.2, 0.25) is 0 Å². The van der Waals surface area contributed by atoms with Gasteiger partial charge in [0.25, 0.3) is 0 Å². The second kappa shape index (κ2) is 11.1. The van der Waals surface area contributed by atoms with Crippen LogP contribution in [-0.4, -0.2) is 44.3 Å². The zero-order valence-electron chi connectivity index (χ0n) is 24.1. The number of hydrogen-bond donors (Lipinski definition) is 4. The second-order valence-corrected chi connectivity index (χ2v) is 10.6. The van der Waals surface area contributed by atoms with Gasteiger partial charge in [0.05, 0.1) is 34.2 Å². The van der Waals surface area contributed by atoms with Crippen LogP contribution in [0.2, 0.25) is 0 Å². The minimum absolute atomic E-state index is 0.0467. The molecular weight excluding hydrogens is 530 g/mol. The summed E-state index contributed by atoms with van der Waals surface area (Å²) in [5.41, 5.74) is 17.1. The number of aliphatic carboxylic acids is 2. The molecule has 0 fully saturated rings. The molecule has 0 aromatic carbocycles. The van der Waals surface area contributed by atoms with Crippen LogP contribution in [0.15, 0.2) is 90.4 Å². The Morgan fingerprint density at radius 3 is 2.10 bits per heavy atom. The lowest BCUT2D eigenvalue weighted by Crippen LogP contribution is -2.13. The summed E-state index contributed by atoms with van der Waals surface area (Å²) >= 11 is 0. The molecule has 0 aliphatic carbocycles. The fourth-order valence-corrected chi connectivity index (χ4v) is 5.64. The van der Waals surface area contributed by atoms with E-state index >= 15 is 0 Å². The van der Waals surface area contributed by atoms with E-state index in [1.54, 1.807) is 0 Å². The average Bonchev–Trinajstić information content (AvgIpc) is 3.59. The number of aliphatic imine (C=N–C) groups is 3. The molecule has 9 nitrogen and oxygen atoms in total. The predicted molar refractivity (Wildman–Crippen MR) is 166 cm³/mol. The van der Waals surface area contributed by atoms with Gasteiger partial charge in [-0.2, -0.15) is 0 Å². The van der Waals surface area contributed by atoms with E-state index in [9.17, 15) is 19.8 Å². The second-order valence-electron chi connectivity index (χ2n) is 10.6. The van der Waals surface area contributed by atoms with Crippen molar-refractivity contribution >= 4 is 47.3 Å². The standard InChI is InChI=1S/C33H33N5O4/c1-6-20-16(2)24-11-25-17(3)21(7-9-32(39)40)29(36-25)14-30-22(8-10-33(41)42)18(4)26(37-30)13-31-23(15-34)19(5)27(38-31)12-28(20)35-24/h6,11-15,35H,1,7-10,34H2,2-5H3,(H,39,40)(H,41,42)/b23-15-,24-11?,26-13?,28-12?,29-14?. The zero-order chi connectivity index (χ0) is 30.3. The zero-order valence-corrected chi connectivity index (χ0v) is 24.1. The van der Waals surface area contributed by atoms with E-state index in [1.165, 1.54) is 6.20 Å². The van der Waals surface area contributed by atoms with Crippen molar-refractivity contribution in [1.82, 2.24) is 4.98 Å². The highest BCUT2D eigenvalue weighted by Gasteiger charge is 2.27. The fourth-order valence-electron chi connectivity index (χ4n) is 5.64. The van der Waals surface area contributed by atoms with Crippen LogP contribution in [0.25, 0.3) is 18.2 Å². The van der Waals surface area contributed by atoms with Gasteiger partial charge in [-0.1, -0.05) is 12.7 Å². The van der Waals surface area contributed by atoms with E-state index in [4.69, 9.17) is 20.7 Å². The number of hydrogen-bond acceptors (Lipinski definition) is 6. The van der Waals surface area contributed by atoms with Gasteiger partial charge in [0.1, 0.15) is 0 Å². The molecule has 0 atom stereocenters. The molecule has 0 saturated heterocycles. The number of fused-ring (bicyclic) bond motifs is 5. The van der Waals surface area contributed by atoms with Crippen LogP contribution >= 0.6 is 0 Å². The lowest BCUT2D eigenvalue weighted by atomic mass is 9.96. The maximum atomic E-state index is 11.5. The molecule has 0 saturated carbocycles. The largest absolute Gasteiger partial charge is 0.481 e. The molecule has 0 unspecified atom stereocenters. The van der Waals surface area contributed by atoms with Gasteiger partial charge in [-0.25, -0.2) is 15.0 Å². The number of carboxylic acid groups (broad SMARTS) is 2. The third-order valence-corrected chi connectivity index (χ3v) is 8.10. The van der Waals surface area contributed by atoms with Crippen LogP contribution in [0.3, 0.4) is 0 Å². The molecule has 0 spiro atoms. The monoisotopic (exact) mass is 563 g/mol. The van der Waals surface area contributed by atoms with Crippen LogP contribution in [0, 0.1) is 6.92 Å². The number of nitrogens with one attached hydrogen (secondary N) is 1. The number of aromatic nitrogens is 1. The van der Waals surface area contributed by atoms with Crippen molar-refractivity contribution in [1.29, 1.82) is 0 Å². The van der Waals surface area contributed by atoms with Crippen LogP contribution in [0.4, 0.5) is 0 Å². The molecule has 42 heavy (non-hydrogen) atoms. The van der Waals surface area contributed by atoms with E-state index < -0.39 is 11.9 Å². The van der Waals surface area contributed by atoms with Crippen molar-refractivity contribution < 1.29 is 19.8 Å². The van der Waals surface area contributed by atoms with Crippen molar-refractivity contribution in [3.8, 4) is 0 Å². The molecule has 214 valence electrons. The van der Waals surface area contributed by atoms with E-state index in [1.807, 2.05) is 58.1 Å². The predicted octanol–water partition coefficient (Wildman–Crippen LogP) is 4.15. The Bertz CT molecular complexity index is 1880. The Labute approximate surface area is 243 Å². The Hall–Kier alpha value is -5.05. The first-order valence-electron chi connectivity index (χ1n) is 13.7. The van der Waals surface area contributed by atoms with Gasteiger partial charge < -0.3 is 20.9 Å². The first kappa shape index (κ1) is 28.5. The molecule has 5 N–H and O–H groups in total. The van der Waals surface area contributed by atoms with Crippen molar-refractivity contribution in [3.05, 3.63) is 97.3 Å². The summed E-state index contributed by atoms with van der Waals surface area (Å²) in [5, 5.41) is 20.6. The highest BCUT2D eigenvalue weighted by molar-refractivity contribution is 6.24. The van der Waals surface area contributed by atoms with Crippen LogP contribution in [-0.2, 0) is 9.59 Å². The summed E-state index contributed by atoms with van der Waals surface area (Å²) in [7, 11) is 0. The highest BCUT2D eigenvalue weighted by Crippen LogP contribution is 2.35. The first-order valence-corrected chi connectivity index (χ1v) is 13.7. The van der Waals surface area contributed by atoms with Gasteiger partial charge in [-0.15, -0.1) is 0 Å². The normalized spacial score (nSPS) is 18.9. The van der Waals surface area contributed by atoms with E-state index in [2.05, 4.69) is 11.6 Å². The molecule has 9 heteroatoms. The molecule has 5 rings (SSSR count). The number of nitrogens with zero attached hydrogens (tertiary/aromatic N) is 3. The van der Waals surface area contributed by atoms with Gasteiger partial charge in [-0.3, -0.25) is 9.59 Å². The maximum Gasteiger partial charge on any atom is 0.303 e. The Morgan fingerprint density at radius 1 is 0.810 bits per heavy atom. The lowest BCUT2D eigenvalue weighted by Gasteiger charge is -2.07. The minimum Gasteiger partial charge on any atom is -0.481 e. The number of aromatic amines is 1. The molecule has 4 aliphatic heterocycles. The smallest absolute Gasteiger partial charge is 0.303 e. The summed E-state index contributed by atoms with van der Waals surface area (Å²) in [4.78, 5) is 41.3. The van der Waals surface area contributed by atoms with Crippen molar-refractivity contribution in [3.63, 3.8) is 0 Å². The van der Waals surface area contributed by atoms with Gasteiger partial charge in [-0.05, 0) is 98.3 Å². The van der Waals surface area contributed by atoms with Crippen LogP contribution < -0.4 is 16.4 Å². The Balaban J connectivity index is 1.82. The number of rotatable bonds is 7. The number of carboxylic acids is 2. The Morgan fingerprint density at radius 2 is 1.45 bits per heavy atom. The molecule has 0 amide bonds. The van der Waals surface area contributed by atoms with Crippen LogP contribution in [0.1, 0.15) is 57.6 Å². The van der Waals surface area contributed by atoms with Gasteiger partial charge >= 0.3 is 11.9 Å². The number of H-pyrrole nitrogens is 1. The third-order valence-electron chi connectivity index (χ3n) is 8.10. The molecule has 8 bridgehead atoms. The number of carbonyl (C=O) groups is 2. The third kappa shape index (κ3) is 5.09. The quantitative estimate of drug-likeness (QED) is 0.393. The van der Waals surface area contributed by atoms with E-state index in [0.717, 1.165) is 61.0 Å². The maximum absolute atomic E-state index is 11.5. The summed E-state index contributed by atoms with van der Waals surface area (Å²) < 4.78 is 0. The molecule has 1 aromatic heterocycles. The van der Waals surface area contributed by atoms with Crippen LogP contribution in [0.5, 0.6) is 0 Å².